The minimum atomic E-state index is -0.279. The summed E-state index contributed by atoms with van der Waals surface area (Å²) < 4.78 is 5.14. The number of piperidine rings is 1. The van der Waals surface area contributed by atoms with Gasteiger partial charge in [0.25, 0.3) is 5.91 Å². The minimum absolute atomic E-state index is 0.0456. The molecule has 2 fully saturated rings. The molecule has 0 radical (unpaired) electrons. The number of likely N-dealkylation sites (tertiary alicyclic amines) is 1. The number of benzene rings is 2. The second kappa shape index (κ2) is 9.07. The number of methoxy groups -OCH3 is 1. The van der Waals surface area contributed by atoms with Crippen LogP contribution in [-0.2, 0) is 11.3 Å². The van der Waals surface area contributed by atoms with Gasteiger partial charge in [0.05, 0.1) is 12.8 Å². The molecule has 2 aliphatic rings. The molecule has 4 rings (SSSR count). The smallest absolute Gasteiger partial charge is 0.332 e. The Morgan fingerprint density at radius 3 is 2.35 bits per heavy atom. The van der Waals surface area contributed by atoms with Gasteiger partial charge in [0.15, 0.2) is 0 Å². The number of imide groups is 1. The van der Waals surface area contributed by atoms with E-state index in [1.54, 1.807) is 29.0 Å². The second-order valence-corrected chi connectivity index (χ2v) is 7.70. The molecular formula is C23H26N4O4. The molecule has 0 aromatic heterocycles. The van der Waals surface area contributed by atoms with E-state index >= 15 is 0 Å². The standard InChI is InChI=1S/C23H26N4O4/c1-31-20-9-7-17(8-10-20)15-24-22(29)25-13-11-18(12-14-25)26-16-21(28)27(23(26)30)19-5-3-2-4-6-19/h2-10,18H,11-16H2,1H3,(H,24,29). The van der Waals surface area contributed by atoms with Gasteiger partial charge in [-0.3, -0.25) is 4.79 Å². The van der Waals surface area contributed by atoms with Crippen LogP contribution in [0.15, 0.2) is 54.6 Å². The topological polar surface area (TPSA) is 82.2 Å². The number of nitrogens with one attached hydrogen (secondary N) is 1. The number of para-hydroxylation sites is 1. The molecule has 162 valence electrons. The number of anilines is 1. The van der Waals surface area contributed by atoms with Gasteiger partial charge in [-0.2, -0.15) is 0 Å². The number of urea groups is 2. The van der Waals surface area contributed by atoms with E-state index in [0.29, 0.717) is 38.2 Å². The molecule has 5 amide bonds. The monoisotopic (exact) mass is 422 g/mol. The zero-order valence-electron chi connectivity index (χ0n) is 17.5. The summed E-state index contributed by atoms with van der Waals surface area (Å²) in [5.74, 6) is 0.564. The lowest BCUT2D eigenvalue weighted by Crippen LogP contribution is -2.50. The number of carbonyl (C=O) groups is 3. The van der Waals surface area contributed by atoms with Crippen LogP contribution in [0.4, 0.5) is 15.3 Å². The number of ether oxygens (including phenoxy) is 1. The number of rotatable bonds is 5. The average Bonchev–Trinajstić information content (AvgIpc) is 3.12. The zero-order valence-corrected chi connectivity index (χ0v) is 17.5. The molecule has 0 aliphatic carbocycles. The predicted molar refractivity (Wildman–Crippen MR) is 116 cm³/mol. The van der Waals surface area contributed by atoms with E-state index in [9.17, 15) is 14.4 Å². The maximum atomic E-state index is 12.9. The van der Waals surface area contributed by atoms with E-state index in [1.807, 2.05) is 42.5 Å². The van der Waals surface area contributed by atoms with Crippen molar-refractivity contribution in [3.63, 3.8) is 0 Å². The van der Waals surface area contributed by atoms with Crippen molar-refractivity contribution in [1.29, 1.82) is 0 Å². The molecule has 0 unspecified atom stereocenters. The first-order valence-corrected chi connectivity index (χ1v) is 10.4. The van der Waals surface area contributed by atoms with Gasteiger partial charge in [-0.1, -0.05) is 30.3 Å². The highest BCUT2D eigenvalue weighted by molar-refractivity contribution is 6.19. The van der Waals surface area contributed by atoms with Crippen LogP contribution in [0.3, 0.4) is 0 Å². The van der Waals surface area contributed by atoms with Crippen LogP contribution in [0.25, 0.3) is 0 Å². The van der Waals surface area contributed by atoms with Gasteiger partial charge < -0.3 is 19.9 Å². The second-order valence-electron chi connectivity index (χ2n) is 7.70. The van der Waals surface area contributed by atoms with Gasteiger partial charge in [0.1, 0.15) is 12.3 Å². The number of amides is 5. The zero-order chi connectivity index (χ0) is 21.8. The Labute approximate surface area is 181 Å². The molecular weight excluding hydrogens is 396 g/mol. The predicted octanol–water partition coefficient (Wildman–Crippen LogP) is 2.84. The molecule has 2 aromatic carbocycles. The Hall–Kier alpha value is -3.55. The molecule has 2 aliphatic heterocycles. The average molecular weight is 422 g/mol. The summed E-state index contributed by atoms with van der Waals surface area (Å²) in [6.07, 6.45) is 1.30. The molecule has 0 bridgehead atoms. The molecule has 0 atom stereocenters. The van der Waals surface area contributed by atoms with Gasteiger partial charge in [0, 0.05) is 25.7 Å². The van der Waals surface area contributed by atoms with Crippen LogP contribution in [-0.4, -0.2) is 60.6 Å². The molecule has 0 spiro atoms. The van der Waals surface area contributed by atoms with Crippen molar-refractivity contribution in [2.45, 2.75) is 25.4 Å². The maximum absolute atomic E-state index is 12.9. The Kier molecular flexibility index (Phi) is 6.06. The molecule has 0 saturated carbocycles. The molecule has 2 heterocycles. The fourth-order valence-corrected chi connectivity index (χ4v) is 4.05. The first-order chi connectivity index (χ1) is 15.1. The van der Waals surface area contributed by atoms with Crippen LogP contribution < -0.4 is 15.0 Å². The Bertz CT molecular complexity index is 940. The SMILES string of the molecule is COc1ccc(CNC(=O)N2CCC(N3CC(=O)N(c4ccccc4)C3=O)CC2)cc1. The van der Waals surface area contributed by atoms with Crippen LogP contribution in [0.1, 0.15) is 18.4 Å². The first-order valence-electron chi connectivity index (χ1n) is 10.4. The largest absolute Gasteiger partial charge is 0.497 e. The van der Waals surface area contributed by atoms with Crippen LogP contribution >= 0.6 is 0 Å². The van der Waals surface area contributed by atoms with Gasteiger partial charge in [-0.05, 0) is 42.7 Å². The van der Waals surface area contributed by atoms with E-state index in [1.165, 1.54) is 4.90 Å². The highest BCUT2D eigenvalue weighted by Crippen LogP contribution is 2.26. The fraction of sp³-hybridized carbons (Fsp3) is 0.348. The molecule has 2 saturated heterocycles. The summed E-state index contributed by atoms with van der Waals surface area (Å²) in [4.78, 5) is 42.5. The van der Waals surface area contributed by atoms with Crippen molar-refractivity contribution in [3.05, 3.63) is 60.2 Å². The third-order valence-electron chi connectivity index (χ3n) is 5.80. The Balaban J connectivity index is 1.28. The van der Waals surface area contributed by atoms with E-state index in [4.69, 9.17) is 4.74 Å². The summed E-state index contributed by atoms with van der Waals surface area (Å²) in [7, 11) is 1.62. The lowest BCUT2D eigenvalue weighted by Gasteiger charge is -2.36. The van der Waals surface area contributed by atoms with Crippen molar-refractivity contribution < 1.29 is 19.1 Å². The minimum Gasteiger partial charge on any atom is -0.497 e. The number of hydrogen-bond donors (Lipinski definition) is 1. The van der Waals surface area contributed by atoms with Gasteiger partial charge in [-0.25, -0.2) is 14.5 Å². The Morgan fingerprint density at radius 2 is 1.71 bits per heavy atom. The van der Waals surface area contributed by atoms with E-state index < -0.39 is 0 Å². The van der Waals surface area contributed by atoms with Crippen molar-refractivity contribution in [1.82, 2.24) is 15.1 Å². The number of hydrogen-bond acceptors (Lipinski definition) is 4. The van der Waals surface area contributed by atoms with E-state index in [-0.39, 0.29) is 30.6 Å². The third-order valence-corrected chi connectivity index (χ3v) is 5.80. The van der Waals surface area contributed by atoms with Crippen molar-refractivity contribution >= 4 is 23.7 Å². The van der Waals surface area contributed by atoms with Gasteiger partial charge in [-0.15, -0.1) is 0 Å². The summed E-state index contributed by atoms with van der Waals surface area (Å²) in [5, 5.41) is 2.94. The van der Waals surface area contributed by atoms with Gasteiger partial charge in [0.2, 0.25) is 0 Å². The third kappa shape index (κ3) is 4.47. The number of carbonyl (C=O) groups excluding carboxylic acids is 3. The first kappa shape index (κ1) is 20.7. The summed E-state index contributed by atoms with van der Waals surface area (Å²) in [6, 6.07) is 16.1. The summed E-state index contributed by atoms with van der Waals surface area (Å²) >= 11 is 0. The van der Waals surface area contributed by atoms with Crippen molar-refractivity contribution in [2.75, 3.05) is 31.6 Å². The highest BCUT2D eigenvalue weighted by atomic mass is 16.5. The molecule has 31 heavy (non-hydrogen) atoms. The van der Waals surface area contributed by atoms with Crippen molar-refractivity contribution in [2.24, 2.45) is 0 Å². The lowest BCUT2D eigenvalue weighted by molar-refractivity contribution is -0.116. The van der Waals surface area contributed by atoms with Crippen LogP contribution in [0.5, 0.6) is 5.75 Å². The molecule has 2 aromatic rings. The summed E-state index contributed by atoms with van der Waals surface area (Å²) in [5.41, 5.74) is 1.58. The Morgan fingerprint density at radius 1 is 1.03 bits per heavy atom. The molecule has 8 nitrogen and oxygen atoms in total. The lowest BCUT2D eigenvalue weighted by atomic mass is 10.0. The summed E-state index contributed by atoms with van der Waals surface area (Å²) in [6.45, 7) is 1.61. The maximum Gasteiger partial charge on any atom is 0.332 e. The quantitative estimate of drug-likeness (QED) is 0.752. The highest BCUT2D eigenvalue weighted by Gasteiger charge is 2.41. The fourth-order valence-electron chi connectivity index (χ4n) is 4.05. The van der Waals surface area contributed by atoms with E-state index in [2.05, 4.69) is 5.32 Å². The normalized spacial score (nSPS) is 17.3. The molecule has 8 heteroatoms. The van der Waals surface area contributed by atoms with Crippen molar-refractivity contribution in [3.8, 4) is 5.75 Å². The number of nitrogens with zero attached hydrogens (tertiary/aromatic N) is 3. The van der Waals surface area contributed by atoms with Crippen LogP contribution in [0.2, 0.25) is 0 Å². The van der Waals surface area contributed by atoms with Gasteiger partial charge >= 0.3 is 12.1 Å². The molecule has 1 N–H and O–H groups in total. The van der Waals surface area contributed by atoms with E-state index in [0.717, 1.165) is 11.3 Å². The van der Waals surface area contributed by atoms with Crippen LogP contribution in [0, 0.1) is 0 Å².